The van der Waals surface area contributed by atoms with Crippen LogP contribution in [0.3, 0.4) is 0 Å². The number of fused-ring (bicyclic) bond motifs is 5. The summed E-state index contributed by atoms with van der Waals surface area (Å²) in [5.74, 6) is 0.707. The van der Waals surface area contributed by atoms with Crippen molar-refractivity contribution in [2.24, 2.45) is 14.1 Å². The summed E-state index contributed by atoms with van der Waals surface area (Å²) in [4.78, 5) is 26.9. The van der Waals surface area contributed by atoms with Crippen LogP contribution in [-0.2, 0) is 14.1 Å². The third kappa shape index (κ3) is 2.92. The summed E-state index contributed by atoms with van der Waals surface area (Å²) in [7, 11) is 3.16. The Labute approximate surface area is 207 Å². The van der Waals surface area contributed by atoms with Crippen LogP contribution >= 0.6 is 0 Å². The van der Waals surface area contributed by atoms with Crippen LogP contribution in [0.5, 0.6) is 11.5 Å². The third-order valence-electron chi connectivity index (χ3n) is 7.08. The zero-order chi connectivity index (χ0) is 25.3. The van der Waals surface area contributed by atoms with E-state index in [0.29, 0.717) is 33.6 Å². The standard InChI is InChI=1S/C29H25N3O4/c1-16-13-14-19(21(33)15-16)27-26-25-23(28(34)31(4)29(35)30(25)3)24(18-10-6-5-9-17(18)2)32(26)20-11-7-8-12-22(20)36-27/h5-15,27,33H,1-4H3. The molecule has 0 saturated carbocycles. The van der Waals surface area contributed by atoms with Gasteiger partial charge in [-0.2, -0.15) is 0 Å². The van der Waals surface area contributed by atoms with Crippen molar-refractivity contribution in [2.75, 3.05) is 0 Å². The largest absolute Gasteiger partial charge is 0.508 e. The van der Waals surface area contributed by atoms with E-state index in [1.807, 2.05) is 79.1 Å². The maximum absolute atomic E-state index is 13.7. The zero-order valence-electron chi connectivity index (χ0n) is 20.4. The number of phenols is 1. The lowest BCUT2D eigenvalue weighted by atomic mass is 10.0. The van der Waals surface area contributed by atoms with E-state index in [1.165, 1.54) is 11.6 Å². The molecule has 3 aromatic carbocycles. The number of hydrogen-bond donors (Lipinski definition) is 1. The molecule has 1 N–H and O–H groups in total. The lowest BCUT2D eigenvalue weighted by molar-refractivity contribution is 0.224. The van der Waals surface area contributed by atoms with E-state index in [9.17, 15) is 14.7 Å². The highest BCUT2D eigenvalue weighted by Crippen LogP contribution is 2.48. The van der Waals surface area contributed by atoms with Gasteiger partial charge in [0.15, 0.2) is 6.10 Å². The summed E-state index contributed by atoms with van der Waals surface area (Å²) < 4.78 is 11.2. The van der Waals surface area contributed by atoms with Crippen molar-refractivity contribution in [2.45, 2.75) is 20.0 Å². The lowest BCUT2D eigenvalue weighted by Gasteiger charge is -2.30. The molecular formula is C29H25N3O4. The number of aryl methyl sites for hydroxylation is 3. The second-order valence-electron chi connectivity index (χ2n) is 9.34. The SMILES string of the molecule is Cc1ccc(C2Oc3ccccc3-n3c(-c4ccccc4C)c4c(=O)n(C)c(=O)n(C)c4c32)c(O)c1. The van der Waals surface area contributed by atoms with E-state index in [2.05, 4.69) is 0 Å². The Hall–Kier alpha value is -4.52. The molecule has 0 fully saturated rings. The van der Waals surface area contributed by atoms with E-state index in [1.54, 1.807) is 13.1 Å². The van der Waals surface area contributed by atoms with Crippen molar-refractivity contribution in [3.8, 4) is 28.4 Å². The highest BCUT2D eigenvalue weighted by Gasteiger charge is 2.37. The molecule has 6 rings (SSSR count). The molecule has 3 heterocycles. The van der Waals surface area contributed by atoms with Crippen LogP contribution in [0.2, 0.25) is 0 Å². The Bertz CT molecular complexity index is 1820. The average molecular weight is 480 g/mol. The fourth-order valence-electron chi connectivity index (χ4n) is 5.29. The minimum Gasteiger partial charge on any atom is -0.508 e. The molecule has 180 valence electrons. The molecule has 36 heavy (non-hydrogen) atoms. The number of aromatic nitrogens is 3. The summed E-state index contributed by atoms with van der Waals surface area (Å²) >= 11 is 0. The molecule has 7 nitrogen and oxygen atoms in total. The Morgan fingerprint density at radius 1 is 0.889 bits per heavy atom. The maximum Gasteiger partial charge on any atom is 0.331 e. The first-order chi connectivity index (χ1) is 17.3. The smallest absolute Gasteiger partial charge is 0.331 e. The van der Waals surface area contributed by atoms with Gasteiger partial charge in [-0.3, -0.25) is 13.9 Å². The molecule has 0 spiro atoms. The maximum atomic E-state index is 13.7. The first-order valence-corrected chi connectivity index (χ1v) is 11.8. The van der Waals surface area contributed by atoms with E-state index >= 15 is 0 Å². The Morgan fingerprint density at radius 3 is 2.36 bits per heavy atom. The van der Waals surface area contributed by atoms with E-state index in [4.69, 9.17) is 4.74 Å². The first-order valence-electron chi connectivity index (χ1n) is 11.8. The third-order valence-corrected chi connectivity index (χ3v) is 7.08. The molecule has 1 atom stereocenters. The second kappa shape index (κ2) is 7.75. The van der Waals surface area contributed by atoms with Crippen LogP contribution in [0.1, 0.15) is 28.5 Å². The molecule has 1 aliphatic heterocycles. The monoisotopic (exact) mass is 479 g/mol. The summed E-state index contributed by atoms with van der Waals surface area (Å²) in [5, 5.41) is 11.4. The van der Waals surface area contributed by atoms with Gasteiger partial charge in [-0.05, 0) is 43.2 Å². The number of nitrogens with zero attached hydrogens (tertiary/aromatic N) is 3. The molecule has 1 unspecified atom stereocenters. The predicted molar refractivity (Wildman–Crippen MR) is 139 cm³/mol. The van der Waals surface area contributed by atoms with E-state index in [-0.39, 0.29) is 11.3 Å². The van der Waals surface area contributed by atoms with Crippen molar-refractivity contribution < 1.29 is 9.84 Å². The fourth-order valence-corrected chi connectivity index (χ4v) is 5.29. The first kappa shape index (κ1) is 22.0. The van der Waals surface area contributed by atoms with E-state index in [0.717, 1.165) is 26.9 Å². The molecule has 5 aromatic rings. The van der Waals surface area contributed by atoms with E-state index < -0.39 is 11.8 Å². The highest BCUT2D eigenvalue weighted by atomic mass is 16.5. The number of benzene rings is 3. The minimum atomic E-state index is -0.751. The summed E-state index contributed by atoms with van der Waals surface area (Å²) in [6.07, 6.45) is -0.751. The number of ether oxygens (including phenoxy) is 1. The minimum absolute atomic E-state index is 0.0894. The fraction of sp³-hybridized carbons (Fsp3) is 0.172. The molecule has 0 aliphatic carbocycles. The highest BCUT2D eigenvalue weighted by molar-refractivity contribution is 5.99. The van der Waals surface area contributed by atoms with Gasteiger partial charge in [0.25, 0.3) is 5.56 Å². The molecule has 0 radical (unpaired) electrons. The normalized spacial score (nSPS) is 14.4. The Kier molecular flexibility index (Phi) is 4.73. The Balaban J connectivity index is 1.89. The van der Waals surface area contributed by atoms with Gasteiger partial charge in [0, 0.05) is 25.2 Å². The predicted octanol–water partition coefficient (Wildman–Crippen LogP) is 4.50. The van der Waals surface area contributed by atoms with Gasteiger partial charge in [0.2, 0.25) is 0 Å². The van der Waals surface area contributed by atoms with Crippen molar-refractivity contribution in [3.63, 3.8) is 0 Å². The van der Waals surface area contributed by atoms with Crippen LogP contribution < -0.4 is 16.0 Å². The molecule has 1 aliphatic rings. The number of para-hydroxylation sites is 2. The molecule has 0 bridgehead atoms. The number of aromatic hydroxyl groups is 1. The van der Waals surface area contributed by atoms with Gasteiger partial charge >= 0.3 is 5.69 Å². The van der Waals surface area contributed by atoms with Gasteiger partial charge < -0.3 is 14.4 Å². The molecule has 0 saturated heterocycles. The second-order valence-corrected chi connectivity index (χ2v) is 9.34. The lowest BCUT2D eigenvalue weighted by Crippen LogP contribution is -2.37. The number of phenolic OH excluding ortho intramolecular Hbond substituents is 1. The molecule has 2 aromatic heterocycles. The van der Waals surface area contributed by atoms with Crippen LogP contribution in [0.15, 0.2) is 76.3 Å². The van der Waals surface area contributed by atoms with Gasteiger partial charge in [-0.25, -0.2) is 4.79 Å². The van der Waals surface area contributed by atoms with Crippen LogP contribution in [-0.4, -0.2) is 18.8 Å². The topological polar surface area (TPSA) is 78.4 Å². The van der Waals surface area contributed by atoms with Crippen LogP contribution in [0.25, 0.3) is 27.8 Å². The van der Waals surface area contributed by atoms with Gasteiger partial charge in [0.05, 0.1) is 28.0 Å². The molecular weight excluding hydrogens is 454 g/mol. The summed E-state index contributed by atoms with van der Waals surface area (Å²) in [5.41, 5.74) is 5.11. The summed E-state index contributed by atoms with van der Waals surface area (Å²) in [6.45, 7) is 3.91. The zero-order valence-corrected chi connectivity index (χ0v) is 20.4. The van der Waals surface area contributed by atoms with Crippen LogP contribution in [0.4, 0.5) is 0 Å². The average Bonchev–Trinajstić information content (AvgIpc) is 3.23. The quantitative estimate of drug-likeness (QED) is 0.404. The molecule has 7 heteroatoms. The van der Waals surface area contributed by atoms with Gasteiger partial charge in [-0.15, -0.1) is 0 Å². The van der Waals surface area contributed by atoms with Crippen molar-refractivity contribution in [1.29, 1.82) is 0 Å². The van der Waals surface area contributed by atoms with Crippen molar-refractivity contribution in [1.82, 2.24) is 13.7 Å². The van der Waals surface area contributed by atoms with Gasteiger partial charge in [0.1, 0.15) is 11.5 Å². The molecule has 0 amide bonds. The van der Waals surface area contributed by atoms with Crippen LogP contribution in [0, 0.1) is 13.8 Å². The summed E-state index contributed by atoms with van der Waals surface area (Å²) in [6, 6.07) is 20.9. The number of rotatable bonds is 2. The van der Waals surface area contributed by atoms with Gasteiger partial charge in [-0.1, -0.05) is 48.5 Å². The Morgan fingerprint density at radius 2 is 1.61 bits per heavy atom. The number of hydrogen-bond acceptors (Lipinski definition) is 4. The van der Waals surface area contributed by atoms with Crippen molar-refractivity contribution >= 4 is 10.9 Å². The van der Waals surface area contributed by atoms with Crippen molar-refractivity contribution in [3.05, 3.63) is 110 Å².